The standard InChI is InChI=1S/C14H5F6N5O.C14H9F5N4O2/c15-13(16,17)12-23-22-11-4-3-10(24-25(11)12)9-5-8(26-14(18,19)20)2-1-7(9)6-21;1-24-13(15,16)12-21-20-11-7-6-10(22-23(11)12)8-2-4-9(5-3-8)25-14(17,18)19/h1-5H;2-7H,1H3. The molecule has 4 heterocycles. The molecule has 0 radical (unpaired) electrons. The summed E-state index contributed by atoms with van der Waals surface area (Å²) in [7, 11) is 0.810. The van der Waals surface area contributed by atoms with Crippen molar-refractivity contribution >= 4 is 11.3 Å². The molecular weight excluding hydrogens is 719 g/mol. The third-order valence-corrected chi connectivity index (χ3v) is 6.30. The van der Waals surface area contributed by atoms with Crippen LogP contribution in [0.15, 0.2) is 66.7 Å². The molecule has 0 saturated carbocycles. The van der Waals surface area contributed by atoms with Crippen molar-refractivity contribution in [3.8, 4) is 40.1 Å². The van der Waals surface area contributed by atoms with Gasteiger partial charge in [-0.05, 0) is 66.7 Å². The van der Waals surface area contributed by atoms with Gasteiger partial charge in [-0.2, -0.15) is 46.4 Å². The van der Waals surface area contributed by atoms with Crippen LogP contribution in [0.3, 0.4) is 0 Å². The fourth-order valence-electron chi connectivity index (χ4n) is 4.18. The van der Waals surface area contributed by atoms with Gasteiger partial charge in [0.15, 0.2) is 11.3 Å². The van der Waals surface area contributed by atoms with Gasteiger partial charge in [0.2, 0.25) is 0 Å². The molecule has 0 unspecified atom stereocenters. The molecule has 0 fully saturated rings. The van der Waals surface area contributed by atoms with Crippen LogP contribution in [0, 0.1) is 11.3 Å². The molecule has 4 aromatic heterocycles. The van der Waals surface area contributed by atoms with Crippen LogP contribution in [0.2, 0.25) is 0 Å². The fourth-order valence-corrected chi connectivity index (χ4v) is 4.18. The SMILES string of the molecule is COC(F)(F)c1nnc2ccc(-c3ccc(OC(F)(F)F)cc3)nn12.N#Cc1ccc(OC(F)(F)F)cc1-c1ccc2nnc(C(F)(F)F)n2n1. The van der Waals surface area contributed by atoms with Crippen molar-refractivity contribution in [2.24, 2.45) is 0 Å². The molecule has 0 aliphatic rings. The van der Waals surface area contributed by atoms with Gasteiger partial charge < -0.3 is 14.2 Å². The van der Waals surface area contributed by atoms with E-state index in [0.29, 0.717) is 10.1 Å². The molecule has 0 saturated heterocycles. The second-order valence-electron chi connectivity index (χ2n) is 9.68. The van der Waals surface area contributed by atoms with E-state index in [4.69, 9.17) is 5.26 Å². The average molecular weight is 733 g/mol. The summed E-state index contributed by atoms with van der Waals surface area (Å²) in [5, 5.41) is 30.0. The van der Waals surface area contributed by atoms with Crippen LogP contribution in [0.1, 0.15) is 17.2 Å². The Morgan fingerprint density at radius 3 is 1.67 bits per heavy atom. The molecule has 6 aromatic rings. The predicted molar refractivity (Wildman–Crippen MR) is 146 cm³/mol. The van der Waals surface area contributed by atoms with Crippen LogP contribution < -0.4 is 9.47 Å². The summed E-state index contributed by atoms with van der Waals surface area (Å²) in [6, 6.07) is 14.6. The zero-order valence-electron chi connectivity index (χ0n) is 24.8. The van der Waals surface area contributed by atoms with E-state index < -0.39 is 48.2 Å². The van der Waals surface area contributed by atoms with E-state index in [1.165, 1.54) is 30.3 Å². The van der Waals surface area contributed by atoms with E-state index in [1.807, 2.05) is 0 Å². The Balaban J connectivity index is 0.000000198. The third kappa shape index (κ3) is 8.35. The first-order valence-electron chi connectivity index (χ1n) is 13.4. The highest BCUT2D eigenvalue weighted by molar-refractivity contribution is 5.69. The number of nitriles is 1. The second-order valence-corrected chi connectivity index (χ2v) is 9.68. The molecule has 12 nitrogen and oxygen atoms in total. The molecule has 23 heteroatoms. The molecule has 0 bridgehead atoms. The summed E-state index contributed by atoms with van der Waals surface area (Å²) < 4.78 is 152. The largest absolute Gasteiger partial charge is 0.573 e. The Bertz CT molecular complexity index is 2220. The summed E-state index contributed by atoms with van der Waals surface area (Å²) in [6.07, 6.45) is -18.3. The Hall–Kier alpha value is -6.18. The maximum atomic E-state index is 13.7. The molecule has 266 valence electrons. The van der Waals surface area contributed by atoms with Crippen molar-refractivity contribution in [2.45, 2.75) is 25.0 Å². The third-order valence-electron chi connectivity index (χ3n) is 6.30. The molecule has 0 atom stereocenters. The summed E-state index contributed by atoms with van der Waals surface area (Å²) in [5.41, 5.74) is 0.0172. The van der Waals surface area contributed by atoms with Gasteiger partial charge in [0.1, 0.15) is 11.5 Å². The van der Waals surface area contributed by atoms with Gasteiger partial charge in [-0.15, -0.1) is 46.7 Å². The van der Waals surface area contributed by atoms with E-state index in [-0.39, 0.29) is 33.8 Å². The van der Waals surface area contributed by atoms with E-state index in [2.05, 4.69) is 44.8 Å². The first kappa shape index (κ1) is 36.1. The minimum atomic E-state index is -4.97. The van der Waals surface area contributed by atoms with Crippen LogP contribution in [0.5, 0.6) is 11.5 Å². The minimum Gasteiger partial charge on any atom is -0.406 e. The van der Waals surface area contributed by atoms with Crippen molar-refractivity contribution in [2.75, 3.05) is 7.11 Å². The first-order valence-corrected chi connectivity index (χ1v) is 13.4. The minimum absolute atomic E-state index is 0.0625. The van der Waals surface area contributed by atoms with Gasteiger partial charge in [-0.25, -0.2) is 0 Å². The summed E-state index contributed by atoms with van der Waals surface area (Å²) in [6.45, 7) is 0. The number of aromatic nitrogens is 8. The van der Waals surface area contributed by atoms with Gasteiger partial charge in [0, 0.05) is 18.2 Å². The molecule has 2 aromatic carbocycles. The number of rotatable bonds is 6. The number of ether oxygens (including phenoxy) is 3. The fraction of sp³-hybridized carbons (Fsp3) is 0.179. The van der Waals surface area contributed by atoms with Gasteiger partial charge in [-0.3, -0.25) is 0 Å². The highest BCUT2D eigenvalue weighted by Crippen LogP contribution is 2.32. The number of hydrogen-bond donors (Lipinski definition) is 0. The zero-order chi connectivity index (χ0) is 37.4. The smallest absolute Gasteiger partial charge is 0.406 e. The average Bonchev–Trinajstić information content (AvgIpc) is 3.68. The number of alkyl halides is 11. The molecular formula is C28H14F11N9O3. The molecule has 0 amide bonds. The number of fused-ring (bicyclic) bond motifs is 2. The van der Waals surface area contributed by atoms with Crippen molar-refractivity contribution < 1.29 is 62.5 Å². The predicted octanol–water partition coefficient (Wildman–Crippen LogP) is 6.97. The zero-order valence-corrected chi connectivity index (χ0v) is 24.8. The Labute approximate surface area is 275 Å². The lowest BCUT2D eigenvalue weighted by Gasteiger charge is -2.11. The molecule has 0 spiro atoms. The van der Waals surface area contributed by atoms with E-state index >= 15 is 0 Å². The van der Waals surface area contributed by atoms with Gasteiger partial charge in [0.25, 0.3) is 11.6 Å². The maximum Gasteiger partial charge on any atom is 0.573 e. The lowest BCUT2D eigenvalue weighted by molar-refractivity contribution is -0.275. The number of methoxy groups -OCH3 is 1. The number of hydrogen-bond acceptors (Lipinski definition) is 10. The normalized spacial score (nSPS) is 12.4. The van der Waals surface area contributed by atoms with Gasteiger partial charge >= 0.3 is 25.0 Å². The quantitative estimate of drug-likeness (QED) is 0.165. The monoisotopic (exact) mass is 733 g/mol. The topological polar surface area (TPSA) is 138 Å². The Morgan fingerprint density at radius 2 is 1.12 bits per heavy atom. The first-order chi connectivity index (χ1) is 23.8. The summed E-state index contributed by atoms with van der Waals surface area (Å²) in [5.74, 6) is -3.28. The number of nitrogens with zero attached hydrogens (tertiary/aromatic N) is 9. The summed E-state index contributed by atoms with van der Waals surface area (Å²) in [4.78, 5) is 0. The van der Waals surface area contributed by atoms with Crippen LogP contribution in [-0.4, -0.2) is 59.5 Å². The van der Waals surface area contributed by atoms with Crippen LogP contribution in [-0.2, 0) is 17.0 Å². The van der Waals surface area contributed by atoms with Crippen LogP contribution in [0.25, 0.3) is 33.8 Å². The maximum absolute atomic E-state index is 13.7. The lowest BCUT2D eigenvalue weighted by Crippen LogP contribution is -2.20. The van der Waals surface area contributed by atoms with E-state index in [0.717, 1.165) is 48.0 Å². The van der Waals surface area contributed by atoms with Crippen molar-refractivity contribution in [1.82, 2.24) is 39.6 Å². The molecule has 0 aliphatic heterocycles. The van der Waals surface area contributed by atoms with E-state index in [1.54, 1.807) is 6.07 Å². The van der Waals surface area contributed by atoms with Crippen molar-refractivity contribution in [3.63, 3.8) is 0 Å². The van der Waals surface area contributed by atoms with Gasteiger partial charge in [-0.1, -0.05) is 0 Å². The van der Waals surface area contributed by atoms with Crippen molar-refractivity contribution in [1.29, 1.82) is 5.26 Å². The highest BCUT2D eigenvalue weighted by Gasteiger charge is 2.39. The van der Waals surface area contributed by atoms with Crippen LogP contribution in [0.4, 0.5) is 48.3 Å². The highest BCUT2D eigenvalue weighted by atomic mass is 19.4. The van der Waals surface area contributed by atoms with Crippen molar-refractivity contribution in [3.05, 3.63) is 83.9 Å². The van der Waals surface area contributed by atoms with E-state index in [9.17, 15) is 48.3 Å². The van der Waals surface area contributed by atoms with Crippen LogP contribution >= 0.6 is 0 Å². The number of halogens is 11. The molecule has 51 heavy (non-hydrogen) atoms. The second kappa shape index (κ2) is 13.3. The Kier molecular flexibility index (Phi) is 9.39. The van der Waals surface area contributed by atoms with Gasteiger partial charge in [0.05, 0.1) is 23.0 Å². The molecule has 0 N–H and O–H groups in total. The lowest BCUT2D eigenvalue weighted by atomic mass is 10.0. The molecule has 6 rings (SSSR count). The number of benzene rings is 2. The summed E-state index contributed by atoms with van der Waals surface area (Å²) >= 11 is 0. The Morgan fingerprint density at radius 1 is 0.608 bits per heavy atom. The molecule has 0 aliphatic carbocycles.